The van der Waals surface area contributed by atoms with Crippen molar-refractivity contribution >= 4 is 11.8 Å². The van der Waals surface area contributed by atoms with Crippen molar-refractivity contribution < 1.29 is 14.0 Å². The molecule has 0 bridgehead atoms. The number of hydrogen-bond acceptors (Lipinski definition) is 3. The number of rotatable bonds is 16. The van der Waals surface area contributed by atoms with E-state index >= 15 is 0 Å². The van der Waals surface area contributed by atoms with Crippen LogP contribution in [0, 0.1) is 6.92 Å². The maximum Gasteiger partial charge on any atom is 0.242 e. The van der Waals surface area contributed by atoms with Gasteiger partial charge < -0.3 is 14.2 Å². The van der Waals surface area contributed by atoms with Gasteiger partial charge in [-0.25, -0.2) is 0 Å². The Balaban J connectivity index is 1.95. The Bertz CT molecular complexity index is 816. The number of carbonyl (C=O) groups is 2. The van der Waals surface area contributed by atoms with Crippen LogP contribution in [0.3, 0.4) is 0 Å². The maximum atomic E-state index is 13.3. The summed E-state index contributed by atoms with van der Waals surface area (Å²) in [4.78, 5) is 29.7. The van der Waals surface area contributed by atoms with Crippen molar-refractivity contribution in [3.63, 3.8) is 0 Å². The highest BCUT2D eigenvalue weighted by Gasteiger charge is 2.22. The molecule has 1 aromatic carbocycles. The number of benzene rings is 1. The van der Waals surface area contributed by atoms with Gasteiger partial charge in [-0.1, -0.05) is 82.7 Å². The van der Waals surface area contributed by atoms with E-state index in [9.17, 15) is 9.59 Å². The molecule has 0 radical (unpaired) electrons. The molecule has 33 heavy (non-hydrogen) atoms. The lowest BCUT2D eigenvalue weighted by atomic mass is 10.1. The van der Waals surface area contributed by atoms with E-state index in [1.807, 2.05) is 56.3 Å². The second-order valence-corrected chi connectivity index (χ2v) is 8.93. The highest BCUT2D eigenvalue weighted by molar-refractivity contribution is 5.84. The second-order valence-electron chi connectivity index (χ2n) is 8.93. The molecule has 2 rings (SSSR count). The van der Waals surface area contributed by atoms with Gasteiger partial charge in [-0.15, -0.1) is 0 Å². The van der Waals surface area contributed by atoms with Crippen LogP contribution in [0.2, 0.25) is 0 Å². The third-order valence-electron chi connectivity index (χ3n) is 5.88. The summed E-state index contributed by atoms with van der Waals surface area (Å²) in [5.41, 5.74) is 1.06. The summed E-state index contributed by atoms with van der Waals surface area (Å²) in [5, 5.41) is 0. The summed E-state index contributed by atoms with van der Waals surface area (Å²) in [6.45, 7) is 7.79. The monoisotopic (exact) mass is 454 g/mol. The molecule has 0 atom stereocenters. The van der Waals surface area contributed by atoms with Crippen molar-refractivity contribution in [1.82, 2.24) is 9.80 Å². The molecule has 0 unspecified atom stereocenters. The summed E-state index contributed by atoms with van der Waals surface area (Å²) in [7, 11) is 0. The van der Waals surface area contributed by atoms with Gasteiger partial charge in [0, 0.05) is 19.5 Å². The molecule has 0 aliphatic carbocycles. The van der Waals surface area contributed by atoms with Gasteiger partial charge >= 0.3 is 0 Å². The van der Waals surface area contributed by atoms with Crippen molar-refractivity contribution in [3.05, 3.63) is 59.5 Å². The van der Waals surface area contributed by atoms with Gasteiger partial charge in [0.05, 0.1) is 13.1 Å². The van der Waals surface area contributed by atoms with Crippen LogP contribution >= 0.6 is 0 Å². The van der Waals surface area contributed by atoms with E-state index < -0.39 is 0 Å². The molecule has 0 saturated heterocycles. The maximum absolute atomic E-state index is 13.3. The van der Waals surface area contributed by atoms with Crippen LogP contribution in [0.5, 0.6) is 0 Å². The summed E-state index contributed by atoms with van der Waals surface area (Å²) >= 11 is 0. The van der Waals surface area contributed by atoms with E-state index in [1.54, 1.807) is 9.80 Å². The Morgan fingerprint density at radius 3 is 2.09 bits per heavy atom. The Kier molecular flexibility index (Phi) is 12.4. The first-order chi connectivity index (χ1) is 16.0. The van der Waals surface area contributed by atoms with Gasteiger partial charge in [0.2, 0.25) is 11.8 Å². The van der Waals surface area contributed by atoms with Gasteiger partial charge in [-0.05, 0) is 37.5 Å². The predicted octanol–water partition coefficient (Wildman–Crippen LogP) is 6.50. The number of hydrogen-bond donors (Lipinski definition) is 0. The third-order valence-corrected chi connectivity index (χ3v) is 5.88. The molecular weight excluding hydrogens is 412 g/mol. The van der Waals surface area contributed by atoms with Crippen molar-refractivity contribution in [1.29, 1.82) is 0 Å². The highest BCUT2D eigenvalue weighted by atomic mass is 16.3. The van der Waals surface area contributed by atoms with E-state index in [2.05, 4.69) is 6.92 Å². The number of nitrogens with zero attached hydrogens (tertiary/aromatic N) is 2. The van der Waals surface area contributed by atoms with E-state index in [4.69, 9.17) is 4.42 Å². The molecular formula is C28H42N2O3. The van der Waals surface area contributed by atoms with Gasteiger partial charge in [0.15, 0.2) is 0 Å². The topological polar surface area (TPSA) is 53.8 Å². The lowest BCUT2D eigenvalue weighted by molar-refractivity contribution is -0.141. The van der Waals surface area contributed by atoms with Crippen LogP contribution in [0.25, 0.3) is 0 Å². The Labute approximate surface area is 200 Å². The SMILES string of the molecule is CCCCCCCCCC(=O)N(CCC)CC(=O)N(Cc1ccccc1)Cc1ccc(C)o1. The number of unbranched alkanes of at least 4 members (excludes halogenated alkanes) is 6. The molecule has 0 N–H and O–H groups in total. The Morgan fingerprint density at radius 2 is 1.45 bits per heavy atom. The highest BCUT2D eigenvalue weighted by Crippen LogP contribution is 2.15. The van der Waals surface area contributed by atoms with E-state index in [0.29, 0.717) is 26.1 Å². The minimum Gasteiger partial charge on any atom is -0.464 e. The van der Waals surface area contributed by atoms with E-state index in [0.717, 1.165) is 36.3 Å². The van der Waals surface area contributed by atoms with Crippen LogP contribution in [0.1, 0.15) is 88.7 Å². The smallest absolute Gasteiger partial charge is 0.242 e. The first kappa shape index (κ1) is 26.7. The molecule has 0 fully saturated rings. The molecule has 182 valence electrons. The zero-order valence-corrected chi connectivity index (χ0v) is 20.9. The lowest BCUT2D eigenvalue weighted by Gasteiger charge is -2.27. The summed E-state index contributed by atoms with van der Waals surface area (Å²) in [6.07, 6.45) is 9.62. The molecule has 0 saturated carbocycles. The molecule has 0 aliphatic heterocycles. The quantitative estimate of drug-likeness (QED) is 0.272. The zero-order valence-electron chi connectivity index (χ0n) is 20.9. The zero-order chi connectivity index (χ0) is 23.9. The average molecular weight is 455 g/mol. The standard InChI is InChI=1S/C28H42N2O3/c1-4-6-7-8-9-10-14-17-27(31)29(20-5-2)23-28(32)30(21-25-15-12-11-13-16-25)22-26-19-18-24(3)33-26/h11-13,15-16,18-19H,4-10,14,17,20-23H2,1-3H3. The fraction of sp³-hybridized carbons (Fsp3) is 0.571. The molecule has 0 spiro atoms. The molecule has 1 heterocycles. The molecule has 0 aliphatic rings. The Morgan fingerprint density at radius 1 is 0.758 bits per heavy atom. The molecule has 5 nitrogen and oxygen atoms in total. The molecule has 2 aromatic rings. The minimum absolute atomic E-state index is 0.0470. The third kappa shape index (κ3) is 10.3. The lowest BCUT2D eigenvalue weighted by Crippen LogP contribution is -2.42. The van der Waals surface area contributed by atoms with Gasteiger partial charge in [-0.2, -0.15) is 0 Å². The van der Waals surface area contributed by atoms with Crippen molar-refractivity contribution in [3.8, 4) is 0 Å². The van der Waals surface area contributed by atoms with E-state index in [1.165, 1.54) is 32.1 Å². The van der Waals surface area contributed by atoms with Gasteiger partial charge in [0.1, 0.15) is 11.5 Å². The first-order valence-electron chi connectivity index (χ1n) is 12.7. The fourth-order valence-corrected chi connectivity index (χ4v) is 4.01. The molecule has 2 amide bonds. The van der Waals surface area contributed by atoms with Crippen molar-refractivity contribution in [2.24, 2.45) is 0 Å². The van der Waals surface area contributed by atoms with Crippen LogP contribution in [0.15, 0.2) is 46.9 Å². The fourth-order valence-electron chi connectivity index (χ4n) is 4.01. The Hall–Kier alpha value is -2.56. The summed E-state index contributed by atoms with van der Waals surface area (Å²) < 4.78 is 5.73. The summed E-state index contributed by atoms with van der Waals surface area (Å²) in [6, 6.07) is 13.8. The van der Waals surface area contributed by atoms with Gasteiger partial charge in [-0.3, -0.25) is 9.59 Å². The van der Waals surface area contributed by atoms with Crippen molar-refractivity contribution in [2.75, 3.05) is 13.1 Å². The van der Waals surface area contributed by atoms with Crippen LogP contribution in [0.4, 0.5) is 0 Å². The number of furan rings is 1. The first-order valence-corrected chi connectivity index (χ1v) is 12.7. The summed E-state index contributed by atoms with van der Waals surface area (Å²) in [5.74, 6) is 1.63. The number of amides is 2. The predicted molar refractivity (Wildman–Crippen MR) is 134 cm³/mol. The van der Waals surface area contributed by atoms with Crippen LogP contribution in [-0.2, 0) is 22.7 Å². The number of aryl methyl sites for hydroxylation is 1. The number of carbonyl (C=O) groups excluding carboxylic acids is 2. The molecule has 1 aromatic heterocycles. The average Bonchev–Trinajstić information content (AvgIpc) is 3.22. The minimum atomic E-state index is -0.0470. The normalized spacial score (nSPS) is 10.9. The van der Waals surface area contributed by atoms with E-state index in [-0.39, 0.29) is 18.4 Å². The van der Waals surface area contributed by atoms with Crippen molar-refractivity contribution in [2.45, 2.75) is 91.6 Å². The van der Waals surface area contributed by atoms with Crippen LogP contribution in [-0.4, -0.2) is 34.7 Å². The van der Waals surface area contributed by atoms with Gasteiger partial charge in [0.25, 0.3) is 0 Å². The second kappa shape index (κ2) is 15.3. The molecule has 5 heteroatoms. The largest absolute Gasteiger partial charge is 0.464 e. The van der Waals surface area contributed by atoms with Crippen LogP contribution < -0.4 is 0 Å².